The molecule has 0 fully saturated rings. The molecule has 110 valence electrons. The fourth-order valence-electron chi connectivity index (χ4n) is 1.72. The van der Waals surface area contributed by atoms with E-state index in [1.165, 1.54) is 10.9 Å². The molecular formula is C12H11FN4O4. The summed E-state index contributed by atoms with van der Waals surface area (Å²) < 4.78 is 19.4. The van der Waals surface area contributed by atoms with Crippen LogP contribution in [-0.4, -0.2) is 27.1 Å². The summed E-state index contributed by atoms with van der Waals surface area (Å²) in [5.41, 5.74) is 5.27. The van der Waals surface area contributed by atoms with Gasteiger partial charge in [0.1, 0.15) is 18.0 Å². The summed E-state index contributed by atoms with van der Waals surface area (Å²) >= 11 is 0. The van der Waals surface area contributed by atoms with E-state index in [4.69, 9.17) is 10.5 Å². The van der Waals surface area contributed by atoms with Gasteiger partial charge in [0.05, 0.1) is 23.3 Å². The molecular weight excluding hydrogens is 283 g/mol. The van der Waals surface area contributed by atoms with Crippen molar-refractivity contribution in [1.29, 1.82) is 0 Å². The maximum Gasteiger partial charge on any atom is 0.360 e. The molecule has 2 N–H and O–H groups in total. The van der Waals surface area contributed by atoms with E-state index in [9.17, 15) is 19.3 Å². The molecule has 1 aromatic carbocycles. The van der Waals surface area contributed by atoms with Gasteiger partial charge in [-0.2, -0.15) is 0 Å². The van der Waals surface area contributed by atoms with Crippen molar-refractivity contribution in [1.82, 2.24) is 9.55 Å². The third-order valence-corrected chi connectivity index (χ3v) is 2.63. The molecule has 0 aliphatic carbocycles. The number of anilines is 1. The van der Waals surface area contributed by atoms with Crippen LogP contribution in [0.25, 0.3) is 5.69 Å². The van der Waals surface area contributed by atoms with Gasteiger partial charge in [0.15, 0.2) is 5.69 Å². The zero-order valence-corrected chi connectivity index (χ0v) is 10.9. The first kappa shape index (κ1) is 14.4. The number of nitrogens with zero attached hydrogens (tertiary/aromatic N) is 3. The van der Waals surface area contributed by atoms with Crippen molar-refractivity contribution in [2.75, 3.05) is 12.3 Å². The van der Waals surface area contributed by atoms with Gasteiger partial charge in [0.25, 0.3) is 5.69 Å². The molecule has 8 nitrogen and oxygen atoms in total. The van der Waals surface area contributed by atoms with Crippen molar-refractivity contribution >= 4 is 17.5 Å². The summed E-state index contributed by atoms with van der Waals surface area (Å²) in [6.07, 6.45) is 1.17. The summed E-state index contributed by atoms with van der Waals surface area (Å²) in [7, 11) is 0. The van der Waals surface area contributed by atoms with Gasteiger partial charge in [0, 0.05) is 6.07 Å². The Morgan fingerprint density at radius 3 is 2.86 bits per heavy atom. The highest BCUT2D eigenvalue weighted by molar-refractivity contribution is 5.92. The number of nitrogen functional groups attached to an aromatic ring is 1. The molecule has 2 aromatic rings. The highest BCUT2D eigenvalue weighted by atomic mass is 19.1. The predicted molar refractivity (Wildman–Crippen MR) is 70.5 cm³/mol. The van der Waals surface area contributed by atoms with Crippen molar-refractivity contribution in [3.8, 4) is 5.69 Å². The fraction of sp³-hybridized carbons (Fsp3) is 0.167. The number of esters is 1. The third-order valence-electron chi connectivity index (χ3n) is 2.63. The molecule has 1 aromatic heterocycles. The predicted octanol–water partition coefficient (Wildman–Crippen LogP) is 1.68. The van der Waals surface area contributed by atoms with E-state index < -0.39 is 22.4 Å². The lowest BCUT2D eigenvalue weighted by Crippen LogP contribution is -2.09. The van der Waals surface area contributed by atoms with E-state index in [2.05, 4.69) is 4.98 Å². The van der Waals surface area contributed by atoms with Gasteiger partial charge >= 0.3 is 5.97 Å². The van der Waals surface area contributed by atoms with E-state index in [-0.39, 0.29) is 23.8 Å². The molecule has 0 radical (unpaired) electrons. The lowest BCUT2D eigenvalue weighted by Gasteiger charge is -2.06. The minimum Gasteiger partial charge on any atom is -0.461 e. The van der Waals surface area contributed by atoms with Gasteiger partial charge in [-0.1, -0.05) is 0 Å². The highest BCUT2D eigenvalue weighted by Gasteiger charge is 2.19. The van der Waals surface area contributed by atoms with Crippen LogP contribution in [-0.2, 0) is 4.74 Å². The maximum atomic E-state index is 13.4. The first-order chi connectivity index (χ1) is 9.93. The quantitative estimate of drug-likeness (QED) is 0.521. The van der Waals surface area contributed by atoms with E-state index in [1.54, 1.807) is 6.92 Å². The minimum absolute atomic E-state index is 0.0854. The summed E-state index contributed by atoms with van der Waals surface area (Å²) in [6.45, 7) is 1.78. The van der Waals surface area contributed by atoms with Gasteiger partial charge in [-0.15, -0.1) is 0 Å². The molecule has 1 heterocycles. The monoisotopic (exact) mass is 294 g/mol. The number of carbonyl (C=O) groups excluding carboxylic acids is 1. The molecule has 2 rings (SSSR count). The zero-order chi connectivity index (χ0) is 15.6. The number of carbonyl (C=O) groups is 1. The number of rotatable bonds is 4. The summed E-state index contributed by atoms with van der Waals surface area (Å²) in [4.78, 5) is 25.4. The molecule has 9 heteroatoms. The number of hydrogen-bond donors (Lipinski definition) is 1. The molecule has 0 spiro atoms. The van der Waals surface area contributed by atoms with Crippen molar-refractivity contribution < 1.29 is 18.8 Å². The van der Waals surface area contributed by atoms with E-state index >= 15 is 0 Å². The van der Waals surface area contributed by atoms with Crippen LogP contribution >= 0.6 is 0 Å². The number of aromatic nitrogens is 2. The van der Waals surface area contributed by atoms with E-state index in [0.717, 1.165) is 18.2 Å². The van der Waals surface area contributed by atoms with E-state index in [1.807, 2.05) is 0 Å². The molecule has 0 atom stereocenters. The first-order valence-electron chi connectivity index (χ1n) is 5.89. The Morgan fingerprint density at radius 2 is 2.24 bits per heavy atom. The maximum absolute atomic E-state index is 13.4. The van der Waals surface area contributed by atoms with Gasteiger partial charge in [0.2, 0.25) is 0 Å². The second-order valence-electron chi connectivity index (χ2n) is 3.99. The standard InChI is InChI=1S/C12H11FN4O4/c1-2-21-12(18)10-11(14)16(6-15-10)8-3-7(13)4-9(5-8)17(19)20/h3-6H,2,14H2,1H3. The van der Waals surface area contributed by atoms with Gasteiger partial charge in [-0.25, -0.2) is 14.2 Å². The van der Waals surface area contributed by atoms with Crippen molar-refractivity contribution in [3.63, 3.8) is 0 Å². The number of ether oxygens (including phenoxy) is 1. The molecule has 0 saturated heterocycles. The number of halogens is 1. The number of nitro groups is 1. The highest BCUT2D eigenvalue weighted by Crippen LogP contribution is 2.23. The summed E-state index contributed by atoms with van der Waals surface area (Å²) in [5, 5.41) is 10.7. The zero-order valence-electron chi connectivity index (χ0n) is 10.9. The Hall–Kier alpha value is -2.97. The second-order valence-corrected chi connectivity index (χ2v) is 3.99. The lowest BCUT2D eigenvalue weighted by molar-refractivity contribution is -0.385. The van der Waals surface area contributed by atoms with Crippen LogP contribution < -0.4 is 5.73 Å². The lowest BCUT2D eigenvalue weighted by atomic mass is 10.2. The Labute approximate surface area is 118 Å². The smallest absolute Gasteiger partial charge is 0.360 e. The Morgan fingerprint density at radius 1 is 1.52 bits per heavy atom. The molecule has 0 aliphatic rings. The number of hydrogen-bond acceptors (Lipinski definition) is 6. The number of nitrogens with two attached hydrogens (primary N) is 1. The van der Waals surface area contributed by atoms with Crippen LogP contribution in [0.2, 0.25) is 0 Å². The second kappa shape index (κ2) is 5.57. The van der Waals surface area contributed by atoms with Crippen LogP contribution in [0.1, 0.15) is 17.4 Å². The van der Waals surface area contributed by atoms with Crippen LogP contribution in [0.3, 0.4) is 0 Å². The normalized spacial score (nSPS) is 10.4. The van der Waals surface area contributed by atoms with Crippen LogP contribution in [0.5, 0.6) is 0 Å². The third kappa shape index (κ3) is 2.81. The number of non-ortho nitro benzene ring substituents is 1. The van der Waals surface area contributed by atoms with Gasteiger partial charge in [-0.3, -0.25) is 14.7 Å². The molecule has 0 unspecified atom stereocenters. The van der Waals surface area contributed by atoms with Crippen molar-refractivity contribution in [3.05, 3.63) is 46.2 Å². The number of benzene rings is 1. The fourth-order valence-corrected chi connectivity index (χ4v) is 1.72. The molecule has 0 amide bonds. The SMILES string of the molecule is CCOC(=O)c1ncn(-c2cc(F)cc([N+](=O)[O-])c2)c1N. The Kier molecular flexibility index (Phi) is 3.83. The number of nitro benzene ring substituents is 1. The number of imidazole rings is 1. The Balaban J connectivity index is 2.48. The average molecular weight is 294 g/mol. The van der Waals surface area contributed by atoms with Crippen LogP contribution in [0, 0.1) is 15.9 Å². The summed E-state index contributed by atoms with van der Waals surface area (Å²) in [6, 6.07) is 2.94. The summed E-state index contributed by atoms with van der Waals surface area (Å²) in [5.74, 6) is -1.61. The largest absolute Gasteiger partial charge is 0.461 e. The van der Waals surface area contributed by atoms with Crippen LogP contribution in [0.4, 0.5) is 15.9 Å². The minimum atomic E-state index is -0.801. The first-order valence-corrected chi connectivity index (χ1v) is 5.89. The molecule has 21 heavy (non-hydrogen) atoms. The molecule has 0 aliphatic heterocycles. The topological polar surface area (TPSA) is 113 Å². The van der Waals surface area contributed by atoms with Crippen molar-refractivity contribution in [2.24, 2.45) is 0 Å². The van der Waals surface area contributed by atoms with E-state index in [0.29, 0.717) is 0 Å². The Bertz CT molecular complexity index is 713. The van der Waals surface area contributed by atoms with Crippen molar-refractivity contribution in [2.45, 2.75) is 6.92 Å². The molecule has 0 saturated carbocycles. The van der Waals surface area contributed by atoms with Gasteiger partial charge in [-0.05, 0) is 13.0 Å². The average Bonchev–Trinajstić information content (AvgIpc) is 2.80. The van der Waals surface area contributed by atoms with Gasteiger partial charge < -0.3 is 10.5 Å². The molecule has 0 bridgehead atoms. The van der Waals surface area contributed by atoms with Crippen LogP contribution in [0.15, 0.2) is 24.5 Å².